The van der Waals surface area contributed by atoms with Crippen molar-refractivity contribution < 1.29 is 13.2 Å². The number of alkyl halides is 3. The predicted molar refractivity (Wildman–Crippen MR) is 77.5 cm³/mol. The molecule has 112 valence electrons. The SMILES string of the molecule is CC(NC1CCCC(C(F)(F)F)C1)c1cccc(Br)c1. The van der Waals surface area contributed by atoms with E-state index in [0.29, 0.717) is 6.42 Å². The Morgan fingerprint density at radius 3 is 2.70 bits per heavy atom. The minimum absolute atomic E-state index is 0.0515. The molecule has 3 atom stereocenters. The average molecular weight is 350 g/mol. The highest BCUT2D eigenvalue weighted by Crippen LogP contribution is 2.38. The molecule has 1 aromatic carbocycles. The van der Waals surface area contributed by atoms with E-state index in [1.54, 1.807) is 0 Å². The van der Waals surface area contributed by atoms with Gasteiger partial charge in [-0.2, -0.15) is 13.2 Å². The van der Waals surface area contributed by atoms with Crippen LogP contribution in [0.3, 0.4) is 0 Å². The lowest BCUT2D eigenvalue weighted by molar-refractivity contribution is -0.183. The van der Waals surface area contributed by atoms with E-state index in [2.05, 4.69) is 21.2 Å². The summed E-state index contributed by atoms with van der Waals surface area (Å²) in [5.41, 5.74) is 1.09. The largest absolute Gasteiger partial charge is 0.391 e. The molecule has 1 fully saturated rings. The molecule has 20 heavy (non-hydrogen) atoms. The van der Waals surface area contributed by atoms with Gasteiger partial charge in [-0.25, -0.2) is 0 Å². The van der Waals surface area contributed by atoms with Gasteiger partial charge in [0.05, 0.1) is 5.92 Å². The molecule has 1 saturated carbocycles. The van der Waals surface area contributed by atoms with Crippen molar-refractivity contribution in [3.05, 3.63) is 34.3 Å². The molecule has 0 saturated heterocycles. The van der Waals surface area contributed by atoms with Gasteiger partial charge < -0.3 is 5.32 Å². The maximum absolute atomic E-state index is 12.8. The number of nitrogens with one attached hydrogen (secondary N) is 1. The highest BCUT2D eigenvalue weighted by molar-refractivity contribution is 9.10. The van der Waals surface area contributed by atoms with Crippen LogP contribution >= 0.6 is 15.9 Å². The van der Waals surface area contributed by atoms with Gasteiger partial charge in [-0.1, -0.05) is 34.5 Å². The molecule has 1 aliphatic rings. The lowest BCUT2D eigenvalue weighted by Gasteiger charge is -2.33. The molecule has 0 radical (unpaired) electrons. The maximum atomic E-state index is 12.8. The molecule has 3 unspecified atom stereocenters. The second-order valence-electron chi connectivity index (χ2n) is 5.55. The minimum Gasteiger partial charge on any atom is -0.307 e. The smallest absolute Gasteiger partial charge is 0.307 e. The Balaban J connectivity index is 1.96. The van der Waals surface area contributed by atoms with Gasteiger partial charge in [-0.15, -0.1) is 0 Å². The van der Waals surface area contributed by atoms with Crippen molar-refractivity contribution in [1.82, 2.24) is 5.32 Å². The topological polar surface area (TPSA) is 12.0 Å². The van der Waals surface area contributed by atoms with Crippen LogP contribution in [0.1, 0.15) is 44.2 Å². The van der Waals surface area contributed by atoms with E-state index in [9.17, 15) is 13.2 Å². The van der Waals surface area contributed by atoms with Crippen LogP contribution in [0.2, 0.25) is 0 Å². The van der Waals surface area contributed by atoms with Crippen molar-refractivity contribution in [3.8, 4) is 0 Å². The van der Waals surface area contributed by atoms with E-state index < -0.39 is 12.1 Å². The number of halogens is 4. The van der Waals surface area contributed by atoms with Gasteiger partial charge in [-0.05, 0) is 43.9 Å². The lowest BCUT2D eigenvalue weighted by Crippen LogP contribution is -2.39. The summed E-state index contributed by atoms with van der Waals surface area (Å²) in [7, 11) is 0. The first-order valence-corrected chi connectivity index (χ1v) is 7.74. The van der Waals surface area contributed by atoms with E-state index in [1.165, 1.54) is 0 Å². The van der Waals surface area contributed by atoms with Crippen LogP contribution in [-0.4, -0.2) is 12.2 Å². The third-order valence-corrected chi connectivity index (χ3v) is 4.46. The van der Waals surface area contributed by atoms with Crippen molar-refractivity contribution in [3.63, 3.8) is 0 Å². The Labute approximate surface area is 126 Å². The monoisotopic (exact) mass is 349 g/mol. The second kappa shape index (κ2) is 6.48. The predicted octanol–water partition coefficient (Wildman–Crippen LogP) is 5.22. The first-order valence-electron chi connectivity index (χ1n) is 6.94. The summed E-state index contributed by atoms with van der Waals surface area (Å²) in [4.78, 5) is 0. The Hall–Kier alpha value is -0.550. The van der Waals surface area contributed by atoms with Crippen LogP contribution in [-0.2, 0) is 0 Å². The van der Waals surface area contributed by atoms with Crippen LogP contribution in [0, 0.1) is 5.92 Å². The molecule has 1 aromatic rings. The number of hydrogen-bond donors (Lipinski definition) is 1. The Bertz CT molecular complexity index is 447. The van der Waals surface area contributed by atoms with Crippen molar-refractivity contribution in [2.75, 3.05) is 0 Å². The van der Waals surface area contributed by atoms with Crippen LogP contribution in [0.15, 0.2) is 28.7 Å². The third kappa shape index (κ3) is 4.22. The summed E-state index contributed by atoms with van der Waals surface area (Å²) < 4.78 is 39.4. The fraction of sp³-hybridized carbons (Fsp3) is 0.600. The minimum atomic E-state index is -4.06. The van der Waals surface area contributed by atoms with Crippen LogP contribution in [0.5, 0.6) is 0 Å². The summed E-state index contributed by atoms with van der Waals surface area (Å²) in [5, 5.41) is 3.34. The molecule has 0 heterocycles. The maximum Gasteiger partial charge on any atom is 0.391 e. The fourth-order valence-corrected chi connectivity index (χ4v) is 3.28. The van der Waals surface area contributed by atoms with Gasteiger partial charge in [0, 0.05) is 16.6 Å². The summed E-state index contributed by atoms with van der Waals surface area (Å²) in [6.45, 7) is 2.00. The second-order valence-corrected chi connectivity index (χ2v) is 6.46. The van der Waals surface area contributed by atoms with Gasteiger partial charge in [0.2, 0.25) is 0 Å². The Morgan fingerprint density at radius 2 is 2.05 bits per heavy atom. The fourth-order valence-electron chi connectivity index (χ4n) is 2.86. The third-order valence-electron chi connectivity index (χ3n) is 3.97. The molecule has 1 aliphatic carbocycles. The number of benzene rings is 1. The highest BCUT2D eigenvalue weighted by atomic mass is 79.9. The molecule has 2 rings (SSSR count). The zero-order valence-corrected chi connectivity index (χ0v) is 13.0. The van der Waals surface area contributed by atoms with Gasteiger partial charge in [-0.3, -0.25) is 0 Å². The molecule has 0 spiro atoms. The summed E-state index contributed by atoms with van der Waals surface area (Å²) in [6, 6.07) is 7.88. The number of hydrogen-bond acceptors (Lipinski definition) is 1. The van der Waals surface area contributed by atoms with Crippen molar-refractivity contribution in [1.29, 1.82) is 0 Å². The Morgan fingerprint density at radius 1 is 1.30 bits per heavy atom. The van der Waals surface area contributed by atoms with Crippen molar-refractivity contribution in [2.24, 2.45) is 5.92 Å². The van der Waals surface area contributed by atoms with Gasteiger partial charge in [0.15, 0.2) is 0 Å². The summed E-state index contributed by atoms with van der Waals surface area (Å²) >= 11 is 3.41. The van der Waals surface area contributed by atoms with Crippen LogP contribution < -0.4 is 5.32 Å². The molecule has 0 amide bonds. The normalized spacial score (nSPS) is 25.4. The molecule has 0 bridgehead atoms. The molecule has 0 aliphatic heterocycles. The molecule has 0 aromatic heterocycles. The molecule has 5 heteroatoms. The van der Waals surface area contributed by atoms with Crippen LogP contribution in [0.4, 0.5) is 13.2 Å². The number of rotatable bonds is 3. The summed E-state index contributed by atoms with van der Waals surface area (Å²) in [6.07, 6.45) is -2.12. The first-order chi connectivity index (χ1) is 9.36. The molecular formula is C15H19BrF3N. The average Bonchev–Trinajstić information content (AvgIpc) is 2.38. The first kappa shape index (κ1) is 15.8. The van der Waals surface area contributed by atoms with E-state index in [0.717, 1.165) is 16.5 Å². The molecular weight excluding hydrogens is 331 g/mol. The van der Waals surface area contributed by atoms with Gasteiger partial charge >= 0.3 is 6.18 Å². The zero-order valence-electron chi connectivity index (χ0n) is 11.4. The molecule has 1 N–H and O–H groups in total. The van der Waals surface area contributed by atoms with E-state index in [4.69, 9.17) is 0 Å². The zero-order chi connectivity index (χ0) is 14.8. The van der Waals surface area contributed by atoms with E-state index >= 15 is 0 Å². The van der Waals surface area contributed by atoms with Gasteiger partial charge in [0.1, 0.15) is 0 Å². The van der Waals surface area contributed by atoms with Crippen molar-refractivity contribution in [2.45, 2.75) is 50.9 Å². The van der Waals surface area contributed by atoms with Crippen molar-refractivity contribution >= 4 is 15.9 Å². The summed E-state index contributed by atoms with van der Waals surface area (Å²) in [5.74, 6) is -1.15. The Kier molecular flexibility index (Phi) is 5.13. The molecule has 1 nitrogen and oxygen atoms in total. The highest BCUT2D eigenvalue weighted by Gasteiger charge is 2.42. The standard InChI is InChI=1S/C15H19BrF3N/c1-10(11-4-2-6-13(16)8-11)20-14-7-3-5-12(9-14)15(17,18)19/h2,4,6,8,10,12,14,20H,3,5,7,9H2,1H3. The van der Waals surface area contributed by atoms with E-state index in [1.807, 2.05) is 31.2 Å². The van der Waals surface area contributed by atoms with Crippen LogP contribution in [0.25, 0.3) is 0 Å². The quantitative estimate of drug-likeness (QED) is 0.788. The van der Waals surface area contributed by atoms with E-state index in [-0.39, 0.29) is 24.9 Å². The lowest BCUT2D eigenvalue weighted by atomic mass is 9.85. The van der Waals surface area contributed by atoms with Gasteiger partial charge in [0.25, 0.3) is 0 Å².